The molecule has 0 bridgehead atoms. The topological polar surface area (TPSA) is 47.6 Å². The maximum absolute atomic E-state index is 13.6. The fourth-order valence-electron chi connectivity index (χ4n) is 1.49. The zero-order chi connectivity index (χ0) is 13.5. The van der Waals surface area contributed by atoms with Crippen molar-refractivity contribution in [2.45, 2.75) is 6.04 Å². The number of hydrogen-bond acceptors (Lipinski definition) is 4. The third kappa shape index (κ3) is 3.48. The van der Waals surface area contributed by atoms with E-state index in [0.29, 0.717) is 13.2 Å². The zero-order valence-corrected chi connectivity index (χ0v) is 10.2. The highest BCUT2D eigenvalue weighted by Gasteiger charge is 2.25. The van der Waals surface area contributed by atoms with Crippen LogP contribution in [0.2, 0.25) is 0 Å². The number of rotatable bonds is 6. The van der Waals surface area contributed by atoms with Crippen LogP contribution in [0.5, 0.6) is 0 Å². The molecule has 0 aromatic heterocycles. The van der Waals surface area contributed by atoms with Gasteiger partial charge in [-0.2, -0.15) is 0 Å². The van der Waals surface area contributed by atoms with Crippen LogP contribution < -0.4 is 5.32 Å². The first-order chi connectivity index (χ1) is 8.61. The summed E-state index contributed by atoms with van der Waals surface area (Å²) in [6.07, 6.45) is 0. The Morgan fingerprint density at radius 1 is 1.39 bits per heavy atom. The summed E-state index contributed by atoms with van der Waals surface area (Å²) in [5.41, 5.74) is -0.0852. The molecule has 100 valence electrons. The van der Waals surface area contributed by atoms with Gasteiger partial charge in [0.2, 0.25) is 0 Å². The summed E-state index contributed by atoms with van der Waals surface area (Å²) in [5.74, 6) is -2.75. The molecule has 0 saturated heterocycles. The number of carbonyl (C=O) groups is 1. The van der Waals surface area contributed by atoms with Gasteiger partial charge in [0.05, 0.1) is 13.7 Å². The molecule has 0 heterocycles. The van der Waals surface area contributed by atoms with Gasteiger partial charge in [-0.25, -0.2) is 13.6 Å². The molecule has 0 aliphatic heterocycles. The molecular weight excluding hydrogens is 244 g/mol. The summed E-state index contributed by atoms with van der Waals surface area (Å²) in [6, 6.07) is 2.60. The number of ether oxygens (including phenoxy) is 2. The maximum atomic E-state index is 13.6. The predicted molar refractivity (Wildman–Crippen MR) is 61.0 cm³/mol. The SMILES string of the molecule is COCCNC(C(=O)OC)c1cccc(F)c1F. The molecule has 0 fully saturated rings. The summed E-state index contributed by atoms with van der Waals surface area (Å²) >= 11 is 0. The lowest BCUT2D eigenvalue weighted by atomic mass is 10.1. The van der Waals surface area contributed by atoms with Crippen LogP contribution in [0.15, 0.2) is 18.2 Å². The van der Waals surface area contributed by atoms with E-state index in [1.54, 1.807) is 0 Å². The van der Waals surface area contributed by atoms with Gasteiger partial charge in [-0.1, -0.05) is 12.1 Å². The number of benzene rings is 1. The van der Waals surface area contributed by atoms with Crippen LogP contribution in [-0.2, 0) is 14.3 Å². The van der Waals surface area contributed by atoms with Crippen LogP contribution in [-0.4, -0.2) is 33.3 Å². The van der Waals surface area contributed by atoms with Gasteiger partial charge in [0.15, 0.2) is 11.6 Å². The van der Waals surface area contributed by atoms with Crippen LogP contribution >= 0.6 is 0 Å². The lowest BCUT2D eigenvalue weighted by Gasteiger charge is -2.17. The second kappa shape index (κ2) is 7.03. The molecule has 1 unspecified atom stereocenters. The lowest BCUT2D eigenvalue weighted by Crippen LogP contribution is -2.32. The van der Waals surface area contributed by atoms with Gasteiger partial charge in [-0.15, -0.1) is 0 Å². The molecule has 0 radical (unpaired) electrons. The highest BCUT2D eigenvalue weighted by molar-refractivity contribution is 5.77. The molecule has 0 spiro atoms. The van der Waals surface area contributed by atoms with E-state index in [-0.39, 0.29) is 5.56 Å². The maximum Gasteiger partial charge on any atom is 0.327 e. The third-order valence-corrected chi connectivity index (χ3v) is 2.38. The molecule has 0 aliphatic rings. The van der Waals surface area contributed by atoms with Gasteiger partial charge >= 0.3 is 5.97 Å². The van der Waals surface area contributed by atoms with Gasteiger partial charge in [-0.05, 0) is 6.07 Å². The molecule has 18 heavy (non-hydrogen) atoms. The Kier molecular flexibility index (Phi) is 5.67. The average Bonchev–Trinajstić information content (AvgIpc) is 2.38. The summed E-state index contributed by atoms with van der Waals surface area (Å²) in [5, 5.41) is 2.75. The van der Waals surface area contributed by atoms with E-state index >= 15 is 0 Å². The van der Waals surface area contributed by atoms with Gasteiger partial charge in [-0.3, -0.25) is 5.32 Å². The number of esters is 1. The van der Waals surface area contributed by atoms with Crippen LogP contribution in [0, 0.1) is 11.6 Å². The number of methoxy groups -OCH3 is 2. The number of hydrogen-bond donors (Lipinski definition) is 1. The van der Waals surface area contributed by atoms with E-state index in [4.69, 9.17) is 4.74 Å². The van der Waals surface area contributed by atoms with Crippen LogP contribution in [0.25, 0.3) is 0 Å². The van der Waals surface area contributed by atoms with Crippen LogP contribution in [0.3, 0.4) is 0 Å². The van der Waals surface area contributed by atoms with Gasteiger partial charge < -0.3 is 9.47 Å². The van der Waals surface area contributed by atoms with E-state index in [2.05, 4.69) is 10.1 Å². The number of carbonyl (C=O) groups excluding carboxylic acids is 1. The van der Waals surface area contributed by atoms with Gasteiger partial charge in [0, 0.05) is 19.2 Å². The van der Waals surface area contributed by atoms with Gasteiger partial charge in [0.1, 0.15) is 6.04 Å². The Morgan fingerprint density at radius 2 is 2.11 bits per heavy atom. The summed E-state index contributed by atoms with van der Waals surface area (Å²) in [7, 11) is 2.68. The third-order valence-electron chi connectivity index (χ3n) is 2.38. The number of nitrogens with one attached hydrogen (secondary N) is 1. The minimum absolute atomic E-state index is 0.0852. The Labute approximate surface area is 104 Å². The first-order valence-corrected chi connectivity index (χ1v) is 5.35. The molecule has 0 saturated carbocycles. The second-order valence-corrected chi connectivity index (χ2v) is 3.55. The minimum Gasteiger partial charge on any atom is -0.468 e. The van der Waals surface area contributed by atoms with Crippen molar-refractivity contribution in [2.24, 2.45) is 0 Å². The first kappa shape index (κ1) is 14.5. The molecule has 6 heteroatoms. The standard InChI is InChI=1S/C12H15F2NO3/c1-17-7-6-15-11(12(16)18-2)8-4-3-5-9(13)10(8)14/h3-5,11,15H,6-7H2,1-2H3. The van der Waals surface area contributed by atoms with Crippen molar-refractivity contribution in [1.29, 1.82) is 0 Å². The first-order valence-electron chi connectivity index (χ1n) is 5.35. The van der Waals surface area contributed by atoms with Crippen molar-refractivity contribution in [3.05, 3.63) is 35.4 Å². The normalized spacial score (nSPS) is 12.2. The summed E-state index contributed by atoms with van der Waals surface area (Å²) in [6.45, 7) is 0.649. The molecule has 1 N–H and O–H groups in total. The fraction of sp³-hybridized carbons (Fsp3) is 0.417. The van der Waals surface area contributed by atoms with E-state index in [9.17, 15) is 13.6 Å². The van der Waals surface area contributed by atoms with Crippen molar-refractivity contribution in [1.82, 2.24) is 5.32 Å². The van der Waals surface area contributed by atoms with Crippen molar-refractivity contribution < 1.29 is 23.0 Å². The van der Waals surface area contributed by atoms with Crippen molar-refractivity contribution in [3.63, 3.8) is 0 Å². The zero-order valence-electron chi connectivity index (χ0n) is 10.2. The molecule has 0 aliphatic carbocycles. The van der Waals surface area contributed by atoms with Crippen molar-refractivity contribution >= 4 is 5.97 Å². The molecule has 1 rings (SSSR count). The van der Waals surface area contributed by atoms with E-state index in [1.807, 2.05) is 0 Å². The number of halogens is 2. The quantitative estimate of drug-likeness (QED) is 0.620. The molecule has 1 atom stereocenters. The van der Waals surface area contributed by atoms with Crippen LogP contribution in [0.1, 0.15) is 11.6 Å². The highest BCUT2D eigenvalue weighted by Crippen LogP contribution is 2.20. The largest absolute Gasteiger partial charge is 0.468 e. The summed E-state index contributed by atoms with van der Waals surface area (Å²) in [4.78, 5) is 11.6. The molecular formula is C12H15F2NO3. The molecule has 4 nitrogen and oxygen atoms in total. The average molecular weight is 259 g/mol. The smallest absolute Gasteiger partial charge is 0.327 e. The van der Waals surface area contributed by atoms with Crippen LogP contribution in [0.4, 0.5) is 8.78 Å². The lowest BCUT2D eigenvalue weighted by molar-refractivity contribution is -0.143. The Balaban J connectivity index is 2.94. The fourth-order valence-corrected chi connectivity index (χ4v) is 1.49. The Bertz CT molecular complexity index is 412. The minimum atomic E-state index is -1.06. The van der Waals surface area contributed by atoms with E-state index in [1.165, 1.54) is 26.4 Å². The Morgan fingerprint density at radius 3 is 2.72 bits per heavy atom. The van der Waals surface area contributed by atoms with Crippen molar-refractivity contribution in [2.75, 3.05) is 27.4 Å². The molecule has 1 aromatic carbocycles. The van der Waals surface area contributed by atoms with E-state index in [0.717, 1.165) is 6.07 Å². The molecule has 0 amide bonds. The summed E-state index contributed by atoms with van der Waals surface area (Å²) < 4.78 is 36.1. The van der Waals surface area contributed by atoms with E-state index < -0.39 is 23.6 Å². The predicted octanol–water partition coefficient (Wildman–Crippen LogP) is 1.41. The van der Waals surface area contributed by atoms with Gasteiger partial charge in [0.25, 0.3) is 0 Å². The molecule has 1 aromatic rings. The second-order valence-electron chi connectivity index (χ2n) is 3.55. The monoisotopic (exact) mass is 259 g/mol. The highest BCUT2D eigenvalue weighted by atomic mass is 19.2. The Hall–Kier alpha value is -1.53. The van der Waals surface area contributed by atoms with Crippen molar-refractivity contribution in [3.8, 4) is 0 Å².